The number of aryl methyl sites for hydroxylation is 1. The molecule has 0 aliphatic heterocycles. The van der Waals surface area contributed by atoms with Gasteiger partial charge in [0.15, 0.2) is 5.78 Å². The van der Waals surface area contributed by atoms with Crippen LogP contribution in [0.15, 0.2) is 12.1 Å². The largest absolute Gasteiger partial charge is 0.395 e. The van der Waals surface area contributed by atoms with Crippen molar-refractivity contribution in [2.45, 2.75) is 20.3 Å². The fourth-order valence-corrected chi connectivity index (χ4v) is 1.81. The second kappa shape index (κ2) is 6.56. The van der Waals surface area contributed by atoms with E-state index in [1.165, 1.54) is 24.8 Å². The third-order valence-electron chi connectivity index (χ3n) is 2.73. The van der Waals surface area contributed by atoms with Crippen molar-refractivity contribution in [1.29, 1.82) is 0 Å². The topological polar surface area (TPSA) is 40.5 Å². The Balaban J connectivity index is 3.26. The lowest BCUT2D eigenvalue weighted by Gasteiger charge is -2.26. The van der Waals surface area contributed by atoms with E-state index in [0.29, 0.717) is 0 Å². The smallest absolute Gasteiger partial charge is 0.255 e. The summed E-state index contributed by atoms with van der Waals surface area (Å²) < 4.78 is 38.5. The van der Waals surface area contributed by atoms with Gasteiger partial charge in [0, 0.05) is 17.8 Å². The number of anilines is 1. The molecule has 0 atom stereocenters. The van der Waals surface area contributed by atoms with E-state index in [2.05, 4.69) is 0 Å². The number of nitrogens with zero attached hydrogens (tertiary/aromatic N) is 1. The van der Waals surface area contributed by atoms with E-state index in [0.717, 1.165) is 6.07 Å². The number of aliphatic hydroxyl groups excluding tert-OH is 1. The van der Waals surface area contributed by atoms with Gasteiger partial charge in [0.05, 0.1) is 13.2 Å². The van der Waals surface area contributed by atoms with Gasteiger partial charge >= 0.3 is 0 Å². The molecule has 3 nitrogen and oxygen atoms in total. The highest BCUT2D eigenvalue weighted by Crippen LogP contribution is 2.25. The first-order valence-electron chi connectivity index (χ1n) is 5.81. The number of hydrogen-bond donors (Lipinski definition) is 1. The van der Waals surface area contributed by atoms with Crippen molar-refractivity contribution in [3.05, 3.63) is 29.1 Å². The van der Waals surface area contributed by atoms with Crippen LogP contribution in [0.3, 0.4) is 0 Å². The molecule has 0 unspecified atom stereocenters. The number of rotatable bonds is 6. The SMILES string of the molecule is CC(=O)c1cc(F)c(C)cc1N(CCO)CC(F)F. The highest BCUT2D eigenvalue weighted by atomic mass is 19.3. The van der Waals surface area contributed by atoms with Gasteiger partial charge in [-0.2, -0.15) is 0 Å². The first-order valence-corrected chi connectivity index (χ1v) is 5.81. The Morgan fingerprint density at radius 2 is 2.05 bits per heavy atom. The summed E-state index contributed by atoms with van der Waals surface area (Å²) in [4.78, 5) is 12.7. The van der Waals surface area contributed by atoms with Crippen LogP contribution in [0.2, 0.25) is 0 Å². The van der Waals surface area contributed by atoms with Crippen molar-refractivity contribution in [2.75, 3.05) is 24.6 Å². The van der Waals surface area contributed by atoms with Gasteiger partial charge in [0.2, 0.25) is 0 Å². The van der Waals surface area contributed by atoms with E-state index in [9.17, 15) is 18.0 Å². The summed E-state index contributed by atoms with van der Waals surface area (Å²) in [6.45, 7) is 1.73. The highest BCUT2D eigenvalue weighted by molar-refractivity contribution is 6.00. The molecule has 1 aromatic carbocycles. The maximum Gasteiger partial charge on any atom is 0.255 e. The summed E-state index contributed by atoms with van der Waals surface area (Å²) in [6.07, 6.45) is -2.61. The molecule has 0 aliphatic rings. The van der Waals surface area contributed by atoms with Gasteiger partial charge in [-0.15, -0.1) is 0 Å². The van der Waals surface area contributed by atoms with Crippen LogP contribution in [-0.4, -0.2) is 37.0 Å². The zero-order valence-electron chi connectivity index (χ0n) is 10.8. The third kappa shape index (κ3) is 3.96. The summed E-state index contributed by atoms with van der Waals surface area (Å²) in [5.41, 5.74) is 0.523. The molecule has 0 saturated carbocycles. The van der Waals surface area contributed by atoms with Crippen molar-refractivity contribution in [3.8, 4) is 0 Å². The third-order valence-corrected chi connectivity index (χ3v) is 2.73. The zero-order chi connectivity index (χ0) is 14.6. The summed E-state index contributed by atoms with van der Waals surface area (Å²) >= 11 is 0. The lowest BCUT2D eigenvalue weighted by molar-refractivity contribution is 0.101. The molecule has 0 radical (unpaired) electrons. The molecule has 0 heterocycles. The molecule has 0 spiro atoms. The number of aliphatic hydroxyl groups is 1. The van der Waals surface area contributed by atoms with Crippen molar-refractivity contribution in [2.24, 2.45) is 0 Å². The minimum absolute atomic E-state index is 0.0391. The molecule has 106 valence electrons. The van der Waals surface area contributed by atoms with Crippen LogP contribution >= 0.6 is 0 Å². The maximum absolute atomic E-state index is 13.5. The van der Waals surface area contributed by atoms with Gasteiger partial charge in [0.25, 0.3) is 6.43 Å². The van der Waals surface area contributed by atoms with Crippen molar-refractivity contribution < 1.29 is 23.1 Å². The second-order valence-corrected chi connectivity index (χ2v) is 4.24. The number of benzene rings is 1. The van der Waals surface area contributed by atoms with Gasteiger partial charge in [-0.25, -0.2) is 13.2 Å². The molecule has 0 aromatic heterocycles. The Morgan fingerprint density at radius 1 is 1.42 bits per heavy atom. The van der Waals surface area contributed by atoms with Gasteiger partial charge in [-0.05, 0) is 31.5 Å². The molecule has 1 rings (SSSR count). The predicted octanol–water partition coefficient (Wildman–Crippen LogP) is 2.40. The van der Waals surface area contributed by atoms with Gasteiger partial charge in [0.1, 0.15) is 5.82 Å². The van der Waals surface area contributed by atoms with Gasteiger partial charge < -0.3 is 10.0 Å². The first-order chi connectivity index (χ1) is 8.86. The van der Waals surface area contributed by atoms with Crippen molar-refractivity contribution in [3.63, 3.8) is 0 Å². The van der Waals surface area contributed by atoms with Gasteiger partial charge in [-0.3, -0.25) is 4.79 Å². The van der Waals surface area contributed by atoms with Crippen LogP contribution in [0, 0.1) is 12.7 Å². The van der Waals surface area contributed by atoms with E-state index in [1.54, 1.807) is 0 Å². The summed E-state index contributed by atoms with van der Waals surface area (Å²) in [7, 11) is 0. The molecule has 19 heavy (non-hydrogen) atoms. The monoisotopic (exact) mass is 275 g/mol. The maximum atomic E-state index is 13.5. The van der Waals surface area contributed by atoms with Crippen LogP contribution in [0.25, 0.3) is 0 Å². The average molecular weight is 275 g/mol. The minimum atomic E-state index is -2.61. The zero-order valence-corrected chi connectivity index (χ0v) is 10.8. The van der Waals surface area contributed by atoms with E-state index >= 15 is 0 Å². The molecule has 0 bridgehead atoms. The fraction of sp³-hybridized carbons (Fsp3) is 0.462. The molecular formula is C13H16F3NO2. The molecule has 0 fully saturated rings. The van der Waals surface area contributed by atoms with Crippen LogP contribution in [-0.2, 0) is 0 Å². The predicted molar refractivity (Wildman–Crippen MR) is 66.4 cm³/mol. The van der Waals surface area contributed by atoms with E-state index in [-0.39, 0.29) is 30.0 Å². The quantitative estimate of drug-likeness (QED) is 0.810. The number of carbonyl (C=O) groups is 1. The number of ketones is 1. The molecule has 0 saturated heterocycles. The summed E-state index contributed by atoms with van der Waals surface area (Å²) in [5.74, 6) is -0.971. The van der Waals surface area contributed by atoms with E-state index in [1.807, 2.05) is 0 Å². The van der Waals surface area contributed by atoms with Crippen LogP contribution < -0.4 is 4.90 Å². The molecule has 1 N–H and O–H groups in total. The Morgan fingerprint density at radius 3 is 2.53 bits per heavy atom. The Kier molecular flexibility index (Phi) is 5.35. The number of halogens is 3. The molecule has 6 heteroatoms. The number of Topliss-reactive ketones (excluding diaryl/α,β-unsaturated/α-hetero) is 1. The van der Waals surface area contributed by atoms with Crippen LogP contribution in [0.1, 0.15) is 22.8 Å². The average Bonchev–Trinajstić information content (AvgIpc) is 2.30. The lowest BCUT2D eigenvalue weighted by atomic mass is 10.0. The standard InChI is InChI=1S/C13H16F3NO2/c1-8-5-12(10(9(2)19)6-11(8)14)17(3-4-18)7-13(15)16/h5-6,13,18H,3-4,7H2,1-2H3. The summed E-state index contributed by atoms with van der Waals surface area (Å²) in [6, 6.07) is 2.40. The van der Waals surface area contributed by atoms with Crippen molar-refractivity contribution >= 4 is 11.5 Å². The summed E-state index contributed by atoms with van der Waals surface area (Å²) in [5, 5.41) is 8.92. The van der Waals surface area contributed by atoms with Crippen molar-refractivity contribution in [1.82, 2.24) is 0 Å². The molecule has 0 aliphatic carbocycles. The number of alkyl halides is 2. The first kappa shape index (κ1) is 15.5. The Labute approximate surface area is 109 Å². The molecule has 1 aromatic rings. The highest BCUT2D eigenvalue weighted by Gasteiger charge is 2.19. The van der Waals surface area contributed by atoms with Gasteiger partial charge in [-0.1, -0.05) is 0 Å². The van der Waals surface area contributed by atoms with Crippen LogP contribution in [0.4, 0.5) is 18.9 Å². The minimum Gasteiger partial charge on any atom is -0.395 e. The Hall–Kier alpha value is -1.56. The second-order valence-electron chi connectivity index (χ2n) is 4.24. The number of carbonyl (C=O) groups excluding carboxylic acids is 1. The normalized spacial score (nSPS) is 10.9. The van der Waals surface area contributed by atoms with Crippen LogP contribution in [0.5, 0.6) is 0 Å². The molecule has 0 amide bonds. The number of hydrogen-bond acceptors (Lipinski definition) is 3. The Bertz CT molecular complexity index is 463. The molecular weight excluding hydrogens is 259 g/mol. The fourth-order valence-electron chi connectivity index (χ4n) is 1.81. The van der Waals surface area contributed by atoms with E-state index in [4.69, 9.17) is 5.11 Å². The lowest BCUT2D eigenvalue weighted by Crippen LogP contribution is -2.32. The van der Waals surface area contributed by atoms with E-state index < -0.39 is 24.6 Å².